The minimum atomic E-state index is -0.245. The molecule has 14 heavy (non-hydrogen) atoms. The first-order valence-electron chi connectivity index (χ1n) is 4.57. The number of aliphatic hydroxyl groups is 1. The molecule has 1 aliphatic rings. The van der Waals surface area contributed by atoms with Gasteiger partial charge in [-0.3, -0.25) is 4.57 Å². The van der Waals surface area contributed by atoms with Crippen molar-refractivity contribution in [3.63, 3.8) is 0 Å². The van der Waals surface area contributed by atoms with Crippen molar-refractivity contribution in [1.29, 1.82) is 0 Å². The maximum atomic E-state index is 11.5. The van der Waals surface area contributed by atoms with Crippen molar-refractivity contribution in [2.45, 2.75) is 6.54 Å². The molecule has 0 aliphatic carbocycles. The molecule has 5 nitrogen and oxygen atoms in total. The highest BCUT2D eigenvalue weighted by Crippen LogP contribution is 2.28. The van der Waals surface area contributed by atoms with Gasteiger partial charge >= 0.3 is 5.69 Å². The summed E-state index contributed by atoms with van der Waals surface area (Å²) in [5.41, 5.74) is -0.296. The fraction of sp³-hybridized carbons (Fsp3) is 0.667. The molecule has 2 heterocycles. The highest BCUT2D eigenvalue weighted by molar-refractivity contribution is 4.89. The maximum Gasteiger partial charge on any atom is 0.327 e. The van der Waals surface area contributed by atoms with Crippen molar-refractivity contribution in [2.75, 3.05) is 19.8 Å². The second kappa shape index (κ2) is 3.25. The lowest BCUT2D eigenvalue weighted by Crippen LogP contribution is -2.50. The number of aryl methyl sites for hydroxylation is 1. The molecule has 78 valence electrons. The van der Waals surface area contributed by atoms with Gasteiger partial charge in [-0.2, -0.15) is 0 Å². The molecule has 0 saturated carbocycles. The minimum absolute atomic E-state index is 0.0512. The second-order valence-electron chi connectivity index (χ2n) is 3.97. The van der Waals surface area contributed by atoms with E-state index in [1.165, 1.54) is 4.57 Å². The van der Waals surface area contributed by atoms with Gasteiger partial charge in [0, 0.05) is 26.0 Å². The Morgan fingerprint density at radius 1 is 1.57 bits per heavy atom. The van der Waals surface area contributed by atoms with E-state index < -0.39 is 0 Å². The number of rotatable bonds is 3. The number of ether oxygens (including phenoxy) is 1. The average Bonchev–Trinajstić information content (AvgIpc) is 2.42. The van der Waals surface area contributed by atoms with Crippen molar-refractivity contribution in [3.05, 3.63) is 22.9 Å². The normalized spacial score (nSPS) is 19.3. The van der Waals surface area contributed by atoms with Crippen LogP contribution < -0.4 is 5.69 Å². The Labute approximate surface area is 81.5 Å². The monoisotopic (exact) mass is 198 g/mol. The third-order valence-electron chi connectivity index (χ3n) is 2.68. The van der Waals surface area contributed by atoms with Gasteiger partial charge in [0.25, 0.3) is 0 Å². The summed E-state index contributed by atoms with van der Waals surface area (Å²) in [6, 6.07) is 0. The van der Waals surface area contributed by atoms with Gasteiger partial charge in [-0.25, -0.2) is 4.79 Å². The van der Waals surface area contributed by atoms with Gasteiger partial charge in [0.1, 0.15) is 0 Å². The predicted molar refractivity (Wildman–Crippen MR) is 50.0 cm³/mol. The number of hydrogen-bond donors (Lipinski definition) is 1. The first kappa shape index (κ1) is 9.48. The zero-order valence-corrected chi connectivity index (χ0v) is 8.14. The first-order valence-corrected chi connectivity index (χ1v) is 4.57. The zero-order chi connectivity index (χ0) is 10.2. The van der Waals surface area contributed by atoms with Gasteiger partial charge in [-0.05, 0) is 0 Å². The lowest BCUT2D eigenvalue weighted by Gasteiger charge is -2.39. The van der Waals surface area contributed by atoms with Crippen LogP contribution in [0.25, 0.3) is 0 Å². The number of aliphatic hydroxyl groups excluding tert-OH is 1. The standard InChI is InChI=1S/C9H14N2O3/c1-10-2-3-11(8(10)13)4-9(5-12)6-14-7-9/h2-3,12H,4-7H2,1H3. The number of imidazole rings is 1. The topological polar surface area (TPSA) is 56.4 Å². The van der Waals surface area contributed by atoms with Crippen LogP contribution >= 0.6 is 0 Å². The van der Waals surface area contributed by atoms with Crippen LogP contribution in [0.2, 0.25) is 0 Å². The van der Waals surface area contributed by atoms with E-state index in [1.807, 2.05) is 0 Å². The fourth-order valence-corrected chi connectivity index (χ4v) is 1.62. The van der Waals surface area contributed by atoms with E-state index in [9.17, 15) is 9.90 Å². The summed E-state index contributed by atoms with van der Waals surface area (Å²) >= 11 is 0. The van der Waals surface area contributed by atoms with E-state index in [-0.39, 0.29) is 17.7 Å². The molecule has 1 saturated heterocycles. The SMILES string of the molecule is Cn1ccn(CC2(CO)COC2)c1=O. The van der Waals surface area contributed by atoms with Crippen molar-refractivity contribution >= 4 is 0 Å². The second-order valence-corrected chi connectivity index (χ2v) is 3.97. The summed E-state index contributed by atoms with van der Waals surface area (Å²) in [4.78, 5) is 11.5. The summed E-state index contributed by atoms with van der Waals surface area (Å²) in [5, 5.41) is 9.19. The highest BCUT2D eigenvalue weighted by Gasteiger charge is 2.38. The molecule has 0 amide bonds. The molecule has 0 unspecified atom stereocenters. The summed E-state index contributed by atoms with van der Waals surface area (Å²) in [7, 11) is 1.71. The molecular weight excluding hydrogens is 184 g/mol. The first-order chi connectivity index (χ1) is 6.67. The van der Waals surface area contributed by atoms with E-state index in [0.717, 1.165) is 0 Å². The molecule has 1 fully saturated rings. The Bertz CT molecular complexity index is 370. The number of aromatic nitrogens is 2. The maximum absolute atomic E-state index is 11.5. The molecule has 0 aromatic carbocycles. The minimum Gasteiger partial charge on any atom is -0.396 e. The van der Waals surface area contributed by atoms with Crippen LogP contribution in [0.1, 0.15) is 0 Å². The van der Waals surface area contributed by atoms with Gasteiger partial charge in [-0.15, -0.1) is 0 Å². The largest absolute Gasteiger partial charge is 0.396 e. The fourth-order valence-electron chi connectivity index (χ4n) is 1.62. The van der Waals surface area contributed by atoms with Crippen LogP contribution in [0.3, 0.4) is 0 Å². The molecule has 0 spiro atoms. The van der Waals surface area contributed by atoms with Crippen LogP contribution in [0.15, 0.2) is 17.2 Å². The molecule has 0 radical (unpaired) electrons. The van der Waals surface area contributed by atoms with Crippen molar-refractivity contribution in [2.24, 2.45) is 12.5 Å². The number of hydrogen-bond acceptors (Lipinski definition) is 3. The zero-order valence-electron chi connectivity index (χ0n) is 8.14. The van der Waals surface area contributed by atoms with E-state index in [2.05, 4.69) is 0 Å². The Morgan fingerprint density at radius 2 is 2.29 bits per heavy atom. The highest BCUT2D eigenvalue weighted by atomic mass is 16.5. The van der Waals surface area contributed by atoms with Crippen LogP contribution in [0.5, 0.6) is 0 Å². The number of nitrogens with zero attached hydrogens (tertiary/aromatic N) is 2. The summed E-state index contributed by atoms with van der Waals surface area (Å²) in [5.74, 6) is 0. The summed E-state index contributed by atoms with van der Waals surface area (Å²) in [6.07, 6.45) is 3.45. The third kappa shape index (κ3) is 1.38. The Hall–Kier alpha value is -1.07. The lowest BCUT2D eigenvalue weighted by atomic mass is 9.87. The van der Waals surface area contributed by atoms with E-state index in [0.29, 0.717) is 19.8 Å². The molecule has 2 rings (SSSR count). The smallest absolute Gasteiger partial charge is 0.327 e. The molecule has 1 N–H and O–H groups in total. The van der Waals surface area contributed by atoms with Crippen molar-refractivity contribution in [1.82, 2.24) is 9.13 Å². The van der Waals surface area contributed by atoms with Gasteiger partial charge in [0.05, 0.1) is 25.2 Å². The Balaban J connectivity index is 2.18. The van der Waals surface area contributed by atoms with Crippen LogP contribution in [-0.4, -0.2) is 34.1 Å². The van der Waals surface area contributed by atoms with Crippen LogP contribution in [0.4, 0.5) is 0 Å². The Morgan fingerprint density at radius 3 is 2.64 bits per heavy atom. The summed E-state index contributed by atoms with van der Waals surface area (Å²) < 4.78 is 8.19. The van der Waals surface area contributed by atoms with E-state index >= 15 is 0 Å². The van der Waals surface area contributed by atoms with Crippen molar-refractivity contribution < 1.29 is 9.84 Å². The van der Waals surface area contributed by atoms with Gasteiger partial charge in [0.2, 0.25) is 0 Å². The van der Waals surface area contributed by atoms with Gasteiger partial charge < -0.3 is 14.4 Å². The van der Waals surface area contributed by atoms with Crippen LogP contribution in [-0.2, 0) is 18.3 Å². The van der Waals surface area contributed by atoms with Crippen LogP contribution in [0, 0.1) is 5.41 Å². The average molecular weight is 198 g/mol. The van der Waals surface area contributed by atoms with E-state index in [4.69, 9.17) is 4.74 Å². The molecule has 1 aliphatic heterocycles. The molecule has 0 atom stereocenters. The Kier molecular flexibility index (Phi) is 2.20. The summed E-state index contributed by atoms with van der Waals surface area (Å²) in [6.45, 7) is 1.66. The van der Waals surface area contributed by atoms with Gasteiger partial charge in [0.15, 0.2) is 0 Å². The lowest BCUT2D eigenvalue weighted by molar-refractivity contribution is -0.145. The van der Waals surface area contributed by atoms with Gasteiger partial charge in [-0.1, -0.05) is 0 Å². The predicted octanol–water partition coefficient (Wildman–Crippen LogP) is -0.804. The third-order valence-corrected chi connectivity index (χ3v) is 2.68. The molecule has 0 bridgehead atoms. The molecule has 1 aromatic heterocycles. The molecule has 1 aromatic rings. The molecular formula is C9H14N2O3. The molecule has 5 heteroatoms. The van der Waals surface area contributed by atoms with Crippen molar-refractivity contribution in [3.8, 4) is 0 Å². The van der Waals surface area contributed by atoms with E-state index in [1.54, 1.807) is 24.0 Å². The quantitative estimate of drug-likeness (QED) is 0.691.